The van der Waals surface area contributed by atoms with Gasteiger partial charge in [0.1, 0.15) is 11.8 Å². The molecule has 0 aromatic heterocycles. The van der Waals surface area contributed by atoms with Gasteiger partial charge in [-0.05, 0) is 25.5 Å². The van der Waals surface area contributed by atoms with Crippen molar-refractivity contribution in [2.45, 2.75) is 32.7 Å². The van der Waals surface area contributed by atoms with Gasteiger partial charge in [0.25, 0.3) is 0 Å². The van der Waals surface area contributed by atoms with Crippen LogP contribution < -0.4 is 15.4 Å². The lowest BCUT2D eigenvalue weighted by molar-refractivity contribution is -0.274. The van der Waals surface area contributed by atoms with Crippen LogP contribution in [0.2, 0.25) is 0 Å². The molecule has 20 heavy (non-hydrogen) atoms. The van der Waals surface area contributed by atoms with Gasteiger partial charge in [0.15, 0.2) is 0 Å². The predicted octanol–water partition coefficient (Wildman–Crippen LogP) is 2.91. The highest BCUT2D eigenvalue weighted by Gasteiger charge is 2.31. The number of anilines is 1. The lowest BCUT2D eigenvalue weighted by Crippen LogP contribution is -2.37. The van der Waals surface area contributed by atoms with Crippen LogP contribution in [0.25, 0.3) is 0 Å². The van der Waals surface area contributed by atoms with Crippen molar-refractivity contribution in [3.63, 3.8) is 0 Å². The molecule has 0 heterocycles. The summed E-state index contributed by atoms with van der Waals surface area (Å²) in [5.74, 6) is -0.544. The summed E-state index contributed by atoms with van der Waals surface area (Å²) in [4.78, 5) is 11.6. The van der Waals surface area contributed by atoms with Crippen LogP contribution in [-0.2, 0) is 4.79 Å². The lowest BCUT2D eigenvalue weighted by atomic mass is 10.2. The molecule has 0 fully saturated rings. The zero-order chi connectivity index (χ0) is 15.2. The lowest BCUT2D eigenvalue weighted by Gasteiger charge is -2.16. The third-order valence-corrected chi connectivity index (χ3v) is 2.39. The first kappa shape index (κ1) is 16.1. The number of amides is 1. The number of hydrogen-bond acceptors (Lipinski definition) is 3. The maximum atomic E-state index is 12.1. The highest BCUT2D eigenvalue weighted by atomic mass is 19.4. The van der Waals surface area contributed by atoms with Crippen LogP contribution in [0, 0.1) is 0 Å². The van der Waals surface area contributed by atoms with Gasteiger partial charge in [-0.2, -0.15) is 0 Å². The third-order valence-electron chi connectivity index (χ3n) is 2.39. The Morgan fingerprint density at radius 2 is 2.10 bits per heavy atom. The number of carbonyl (C=O) groups excluding carboxylic acids is 1. The highest BCUT2D eigenvalue weighted by Crippen LogP contribution is 2.25. The Bertz CT molecular complexity index is 449. The Hall–Kier alpha value is -1.92. The topological polar surface area (TPSA) is 50.4 Å². The molecule has 0 radical (unpaired) electrons. The standard InChI is InChI=1S/C13H17F3N2O2/c1-3-7-17-12(19)9(2)18-10-5-4-6-11(8-10)20-13(14,15)16/h4-6,8-9,18H,3,7H2,1-2H3,(H,17,19). The van der Waals surface area contributed by atoms with E-state index in [1.165, 1.54) is 18.2 Å². The summed E-state index contributed by atoms with van der Waals surface area (Å²) in [6.07, 6.45) is -3.92. The van der Waals surface area contributed by atoms with Gasteiger partial charge < -0.3 is 15.4 Å². The SMILES string of the molecule is CCCNC(=O)C(C)Nc1cccc(OC(F)(F)F)c1. The number of alkyl halides is 3. The summed E-state index contributed by atoms with van der Waals surface area (Å²) >= 11 is 0. The maximum Gasteiger partial charge on any atom is 0.573 e. The van der Waals surface area contributed by atoms with E-state index in [1.807, 2.05) is 6.92 Å². The molecule has 0 bridgehead atoms. The van der Waals surface area contributed by atoms with Crippen LogP contribution in [0.15, 0.2) is 24.3 Å². The van der Waals surface area contributed by atoms with Crippen LogP contribution in [0.5, 0.6) is 5.75 Å². The monoisotopic (exact) mass is 290 g/mol. The van der Waals surface area contributed by atoms with E-state index in [0.717, 1.165) is 6.42 Å². The smallest absolute Gasteiger partial charge is 0.406 e. The van der Waals surface area contributed by atoms with Crippen molar-refractivity contribution in [1.29, 1.82) is 0 Å². The number of carbonyl (C=O) groups is 1. The second-order valence-corrected chi connectivity index (χ2v) is 4.23. The van der Waals surface area contributed by atoms with E-state index < -0.39 is 12.4 Å². The molecule has 1 unspecified atom stereocenters. The summed E-state index contributed by atoms with van der Waals surface area (Å²) in [5, 5.41) is 5.51. The summed E-state index contributed by atoms with van der Waals surface area (Å²) < 4.78 is 40.1. The molecule has 112 valence electrons. The van der Waals surface area contributed by atoms with E-state index in [-0.39, 0.29) is 11.7 Å². The average Bonchev–Trinajstić information content (AvgIpc) is 2.34. The number of nitrogens with one attached hydrogen (secondary N) is 2. The van der Waals surface area contributed by atoms with E-state index >= 15 is 0 Å². The molecule has 4 nitrogen and oxygen atoms in total. The van der Waals surface area contributed by atoms with E-state index in [4.69, 9.17) is 0 Å². The molecule has 0 aliphatic heterocycles. The summed E-state index contributed by atoms with van der Waals surface area (Å²) in [7, 11) is 0. The van der Waals surface area contributed by atoms with Crippen molar-refractivity contribution in [3.05, 3.63) is 24.3 Å². The van der Waals surface area contributed by atoms with Crippen molar-refractivity contribution in [3.8, 4) is 5.75 Å². The van der Waals surface area contributed by atoms with Gasteiger partial charge in [0.2, 0.25) is 5.91 Å². The van der Waals surface area contributed by atoms with Crippen LogP contribution >= 0.6 is 0 Å². The van der Waals surface area contributed by atoms with Crippen molar-refractivity contribution in [2.24, 2.45) is 0 Å². The second-order valence-electron chi connectivity index (χ2n) is 4.23. The molecular weight excluding hydrogens is 273 g/mol. The predicted molar refractivity (Wildman–Crippen MR) is 69.5 cm³/mol. The number of rotatable bonds is 6. The third kappa shape index (κ3) is 5.81. The molecule has 0 aliphatic rings. The van der Waals surface area contributed by atoms with Crippen LogP contribution in [0.3, 0.4) is 0 Å². The van der Waals surface area contributed by atoms with Gasteiger partial charge >= 0.3 is 6.36 Å². The average molecular weight is 290 g/mol. The molecule has 0 saturated heterocycles. The maximum absolute atomic E-state index is 12.1. The van der Waals surface area contributed by atoms with E-state index in [2.05, 4.69) is 15.4 Å². The van der Waals surface area contributed by atoms with Gasteiger partial charge in [0, 0.05) is 18.3 Å². The first-order chi connectivity index (χ1) is 9.31. The van der Waals surface area contributed by atoms with Crippen molar-refractivity contribution >= 4 is 11.6 Å². The van der Waals surface area contributed by atoms with Crippen molar-refractivity contribution in [1.82, 2.24) is 5.32 Å². The first-order valence-corrected chi connectivity index (χ1v) is 6.22. The van der Waals surface area contributed by atoms with E-state index in [1.54, 1.807) is 13.0 Å². The van der Waals surface area contributed by atoms with Crippen LogP contribution in [-0.4, -0.2) is 24.9 Å². The minimum absolute atomic E-state index is 0.214. The Labute approximate surface area is 115 Å². The van der Waals surface area contributed by atoms with Crippen LogP contribution in [0.1, 0.15) is 20.3 Å². The van der Waals surface area contributed by atoms with Crippen molar-refractivity contribution in [2.75, 3.05) is 11.9 Å². The number of benzene rings is 1. The van der Waals surface area contributed by atoms with Gasteiger partial charge in [-0.15, -0.1) is 13.2 Å². The molecule has 1 rings (SSSR count). The fraction of sp³-hybridized carbons (Fsp3) is 0.462. The molecule has 0 spiro atoms. The second kappa shape index (κ2) is 7.02. The fourth-order valence-corrected chi connectivity index (χ4v) is 1.50. The normalized spacial score (nSPS) is 12.7. The van der Waals surface area contributed by atoms with Gasteiger partial charge in [0.05, 0.1) is 0 Å². The van der Waals surface area contributed by atoms with E-state index in [0.29, 0.717) is 12.2 Å². The largest absolute Gasteiger partial charge is 0.573 e. The molecule has 7 heteroatoms. The first-order valence-electron chi connectivity index (χ1n) is 6.22. The summed E-state index contributed by atoms with van der Waals surface area (Å²) in [6, 6.07) is 4.81. The zero-order valence-electron chi connectivity index (χ0n) is 11.3. The summed E-state index contributed by atoms with van der Waals surface area (Å²) in [6.45, 7) is 4.11. The Morgan fingerprint density at radius 3 is 2.70 bits per heavy atom. The molecule has 1 amide bonds. The zero-order valence-corrected chi connectivity index (χ0v) is 11.3. The molecule has 2 N–H and O–H groups in total. The summed E-state index contributed by atoms with van der Waals surface area (Å²) in [5.41, 5.74) is 0.380. The highest BCUT2D eigenvalue weighted by molar-refractivity contribution is 5.84. The quantitative estimate of drug-likeness (QED) is 0.847. The molecule has 1 aromatic rings. The Balaban J connectivity index is 2.64. The van der Waals surface area contributed by atoms with Gasteiger partial charge in [-0.1, -0.05) is 13.0 Å². The number of ether oxygens (including phenoxy) is 1. The molecule has 0 saturated carbocycles. The minimum Gasteiger partial charge on any atom is -0.406 e. The van der Waals surface area contributed by atoms with Crippen molar-refractivity contribution < 1.29 is 22.7 Å². The van der Waals surface area contributed by atoms with Gasteiger partial charge in [-0.25, -0.2) is 0 Å². The molecule has 0 aliphatic carbocycles. The Kier molecular flexibility index (Phi) is 5.66. The van der Waals surface area contributed by atoms with Gasteiger partial charge in [-0.3, -0.25) is 4.79 Å². The number of hydrogen-bond donors (Lipinski definition) is 2. The number of halogens is 3. The Morgan fingerprint density at radius 1 is 1.40 bits per heavy atom. The van der Waals surface area contributed by atoms with E-state index in [9.17, 15) is 18.0 Å². The fourth-order valence-electron chi connectivity index (χ4n) is 1.50. The minimum atomic E-state index is -4.73. The molecular formula is C13H17F3N2O2. The van der Waals surface area contributed by atoms with Crippen LogP contribution in [0.4, 0.5) is 18.9 Å². The molecule has 1 aromatic carbocycles. The molecule has 1 atom stereocenters.